The average Bonchev–Trinajstić information content (AvgIpc) is 2.51. The van der Waals surface area contributed by atoms with Crippen molar-refractivity contribution >= 4 is 10.8 Å². The molecule has 0 bridgehead atoms. The second-order valence-corrected chi connectivity index (χ2v) is 4.73. The second-order valence-electron chi connectivity index (χ2n) is 4.73. The van der Waals surface area contributed by atoms with Gasteiger partial charge in [0.05, 0.1) is 18.2 Å². The molecule has 0 atom stereocenters. The zero-order chi connectivity index (χ0) is 15.0. The lowest BCUT2D eigenvalue weighted by Gasteiger charge is -2.12. The summed E-state index contributed by atoms with van der Waals surface area (Å²) in [5, 5.41) is 11.7. The van der Waals surface area contributed by atoms with Crippen molar-refractivity contribution in [3.8, 4) is 23.0 Å². The summed E-state index contributed by atoms with van der Waals surface area (Å²) in [7, 11) is 1.56. The van der Waals surface area contributed by atoms with Gasteiger partial charge in [-0.25, -0.2) is 0 Å². The fourth-order valence-corrected chi connectivity index (χ4v) is 2.30. The molecule has 0 saturated carbocycles. The molecule has 0 amide bonds. The van der Waals surface area contributed by atoms with E-state index in [1.54, 1.807) is 7.11 Å². The number of ether oxygens (including phenoxy) is 1. The Kier molecular flexibility index (Phi) is 3.10. The van der Waals surface area contributed by atoms with Crippen LogP contribution in [0.25, 0.3) is 22.2 Å². The van der Waals surface area contributed by atoms with Gasteiger partial charge in [0, 0.05) is 0 Å². The van der Waals surface area contributed by atoms with Gasteiger partial charge in [-0.05, 0) is 23.8 Å². The number of hydrogen-bond acceptors (Lipinski definition) is 4. The minimum Gasteiger partial charge on any atom is -0.496 e. The number of hydrogen-bond donors (Lipinski definition) is 2. The van der Waals surface area contributed by atoms with Crippen LogP contribution >= 0.6 is 0 Å². The standard InChI is InChI=1S/C16H14N2O3/c1-9-15(19)17-14(18-16(9)20)13-11-6-4-3-5-10(11)7-8-12(13)21-2/h3-8H,1-2H3,(H2,17,18,19,20). The number of aromatic nitrogens is 2. The first-order chi connectivity index (χ1) is 10.1. The molecule has 0 fully saturated rings. The summed E-state index contributed by atoms with van der Waals surface area (Å²) >= 11 is 0. The molecule has 0 aliphatic carbocycles. The van der Waals surface area contributed by atoms with Crippen molar-refractivity contribution < 1.29 is 9.84 Å². The second kappa shape index (κ2) is 4.94. The Labute approximate surface area is 120 Å². The van der Waals surface area contributed by atoms with E-state index in [1.165, 1.54) is 6.92 Å². The molecular weight excluding hydrogens is 268 g/mol. The minimum atomic E-state index is -0.368. The third-order valence-electron chi connectivity index (χ3n) is 3.47. The first-order valence-electron chi connectivity index (χ1n) is 6.48. The molecule has 3 aromatic rings. The molecule has 2 aromatic carbocycles. The number of H-pyrrole nitrogens is 1. The van der Waals surface area contributed by atoms with Crippen molar-refractivity contribution in [1.82, 2.24) is 9.97 Å². The molecule has 5 nitrogen and oxygen atoms in total. The summed E-state index contributed by atoms with van der Waals surface area (Å²) < 4.78 is 5.37. The molecule has 0 saturated heterocycles. The van der Waals surface area contributed by atoms with Crippen LogP contribution in [-0.2, 0) is 0 Å². The Morgan fingerprint density at radius 1 is 1.19 bits per heavy atom. The van der Waals surface area contributed by atoms with Gasteiger partial charge in [-0.15, -0.1) is 0 Å². The SMILES string of the molecule is COc1ccc2ccccc2c1-c1nc(O)c(C)c(=O)[nH]1. The molecule has 0 radical (unpaired) electrons. The first-order valence-corrected chi connectivity index (χ1v) is 6.48. The fraction of sp³-hybridized carbons (Fsp3) is 0.125. The summed E-state index contributed by atoms with van der Waals surface area (Å²) in [4.78, 5) is 18.6. The van der Waals surface area contributed by atoms with E-state index in [1.807, 2.05) is 36.4 Å². The van der Waals surface area contributed by atoms with Crippen LogP contribution in [0.5, 0.6) is 11.6 Å². The molecular formula is C16H14N2O3. The van der Waals surface area contributed by atoms with Crippen LogP contribution in [0.3, 0.4) is 0 Å². The summed E-state index contributed by atoms with van der Waals surface area (Å²) in [6.07, 6.45) is 0. The number of methoxy groups -OCH3 is 1. The lowest BCUT2D eigenvalue weighted by atomic mass is 10.0. The van der Waals surface area contributed by atoms with Gasteiger partial charge in [0.25, 0.3) is 5.56 Å². The predicted octanol–water partition coefficient (Wildman–Crippen LogP) is 2.61. The largest absolute Gasteiger partial charge is 0.496 e. The van der Waals surface area contributed by atoms with Gasteiger partial charge in [-0.3, -0.25) is 4.79 Å². The summed E-state index contributed by atoms with van der Waals surface area (Å²) in [6.45, 7) is 1.52. The Morgan fingerprint density at radius 2 is 1.95 bits per heavy atom. The topological polar surface area (TPSA) is 75.2 Å². The van der Waals surface area contributed by atoms with E-state index in [2.05, 4.69) is 9.97 Å². The molecule has 3 rings (SSSR count). The highest BCUT2D eigenvalue weighted by Gasteiger charge is 2.15. The van der Waals surface area contributed by atoms with Crippen LogP contribution in [-0.4, -0.2) is 22.2 Å². The molecule has 0 spiro atoms. The van der Waals surface area contributed by atoms with Crippen LogP contribution in [0.1, 0.15) is 5.56 Å². The highest BCUT2D eigenvalue weighted by molar-refractivity contribution is 5.98. The fourth-order valence-electron chi connectivity index (χ4n) is 2.30. The summed E-state index contributed by atoms with van der Waals surface area (Å²) in [6, 6.07) is 11.5. The van der Waals surface area contributed by atoms with Crippen molar-refractivity contribution in [1.29, 1.82) is 0 Å². The maximum absolute atomic E-state index is 11.9. The van der Waals surface area contributed by atoms with E-state index >= 15 is 0 Å². The van der Waals surface area contributed by atoms with Crippen molar-refractivity contribution in [2.75, 3.05) is 7.11 Å². The summed E-state index contributed by atoms with van der Waals surface area (Å²) in [5.74, 6) is 0.598. The van der Waals surface area contributed by atoms with E-state index < -0.39 is 0 Å². The van der Waals surface area contributed by atoms with E-state index in [9.17, 15) is 9.90 Å². The highest BCUT2D eigenvalue weighted by Crippen LogP contribution is 2.35. The molecule has 21 heavy (non-hydrogen) atoms. The number of nitrogens with one attached hydrogen (secondary N) is 1. The Bertz CT molecular complexity index is 884. The number of benzene rings is 2. The lowest BCUT2D eigenvalue weighted by molar-refractivity contribution is 0.416. The maximum atomic E-state index is 11.9. The van der Waals surface area contributed by atoms with Gasteiger partial charge < -0.3 is 14.8 Å². The Hall–Kier alpha value is -2.82. The van der Waals surface area contributed by atoms with Crippen molar-refractivity contribution in [2.45, 2.75) is 6.92 Å². The first kappa shape index (κ1) is 13.2. The Balaban J connectivity index is 2.41. The number of rotatable bonds is 2. The van der Waals surface area contributed by atoms with Gasteiger partial charge in [-0.1, -0.05) is 30.3 Å². The van der Waals surface area contributed by atoms with Gasteiger partial charge in [0.2, 0.25) is 5.88 Å². The van der Waals surface area contributed by atoms with Crippen LogP contribution < -0.4 is 10.3 Å². The smallest absolute Gasteiger partial charge is 0.257 e. The van der Waals surface area contributed by atoms with Gasteiger partial charge in [0.15, 0.2) is 0 Å². The minimum absolute atomic E-state index is 0.193. The zero-order valence-electron chi connectivity index (χ0n) is 11.7. The van der Waals surface area contributed by atoms with Crippen molar-refractivity contribution in [3.05, 3.63) is 52.3 Å². The highest BCUT2D eigenvalue weighted by atomic mass is 16.5. The van der Waals surface area contributed by atoms with Crippen molar-refractivity contribution in [2.24, 2.45) is 0 Å². The number of nitrogens with zero attached hydrogens (tertiary/aromatic N) is 1. The number of aromatic amines is 1. The maximum Gasteiger partial charge on any atom is 0.257 e. The molecule has 2 N–H and O–H groups in total. The van der Waals surface area contributed by atoms with Crippen LogP contribution in [0.15, 0.2) is 41.2 Å². The van der Waals surface area contributed by atoms with Gasteiger partial charge in [-0.2, -0.15) is 4.98 Å². The van der Waals surface area contributed by atoms with E-state index in [4.69, 9.17) is 4.74 Å². The molecule has 5 heteroatoms. The van der Waals surface area contributed by atoms with Crippen LogP contribution in [0, 0.1) is 6.92 Å². The molecule has 0 aliphatic heterocycles. The van der Waals surface area contributed by atoms with E-state index in [-0.39, 0.29) is 22.8 Å². The summed E-state index contributed by atoms with van der Waals surface area (Å²) in [5.41, 5.74) is 0.480. The number of aromatic hydroxyl groups is 1. The third-order valence-corrected chi connectivity index (χ3v) is 3.47. The van der Waals surface area contributed by atoms with E-state index in [0.29, 0.717) is 11.3 Å². The third kappa shape index (κ3) is 2.12. The van der Waals surface area contributed by atoms with Crippen LogP contribution in [0.2, 0.25) is 0 Å². The van der Waals surface area contributed by atoms with E-state index in [0.717, 1.165) is 10.8 Å². The molecule has 0 aliphatic rings. The van der Waals surface area contributed by atoms with Crippen LogP contribution in [0.4, 0.5) is 0 Å². The molecule has 106 valence electrons. The zero-order valence-corrected chi connectivity index (χ0v) is 11.7. The van der Waals surface area contributed by atoms with Gasteiger partial charge in [0.1, 0.15) is 11.6 Å². The molecule has 1 heterocycles. The Morgan fingerprint density at radius 3 is 2.67 bits per heavy atom. The molecule has 1 aromatic heterocycles. The van der Waals surface area contributed by atoms with Crippen molar-refractivity contribution in [3.63, 3.8) is 0 Å². The number of fused-ring (bicyclic) bond motifs is 1. The quantitative estimate of drug-likeness (QED) is 0.757. The normalized spacial score (nSPS) is 10.8. The average molecular weight is 282 g/mol. The lowest BCUT2D eigenvalue weighted by Crippen LogP contribution is -2.12. The monoisotopic (exact) mass is 282 g/mol. The predicted molar refractivity (Wildman–Crippen MR) is 80.8 cm³/mol. The van der Waals surface area contributed by atoms with Gasteiger partial charge >= 0.3 is 0 Å². The molecule has 0 unspecified atom stereocenters.